The maximum absolute atomic E-state index is 5.62. The monoisotopic (exact) mass is 223 g/mol. The Labute approximate surface area is 92.3 Å². The zero-order valence-corrected chi connectivity index (χ0v) is 9.72. The molecule has 0 fully saturated rings. The summed E-state index contributed by atoms with van der Waals surface area (Å²) in [6.45, 7) is 6.23. The molecule has 2 aromatic heterocycles. The summed E-state index contributed by atoms with van der Waals surface area (Å²) in [5, 5.41) is 0. The molecule has 2 heterocycles. The third kappa shape index (κ3) is 1.61. The van der Waals surface area contributed by atoms with Gasteiger partial charge in [-0.3, -0.25) is 0 Å². The third-order valence-corrected chi connectivity index (χ3v) is 2.44. The van der Waals surface area contributed by atoms with E-state index >= 15 is 0 Å². The molecule has 0 aliphatic heterocycles. The summed E-state index contributed by atoms with van der Waals surface area (Å²) >= 11 is 5.13. The van der Waals surface area contributed by atoms with E-state index in [1.54, 1.807) is 6.33 Å². The highest BCUT2D eigenvalue weighted by Gasteiger charge is 2.17. The molecule has 0 bridgehead atoms. The topological polar surface area (TPSA) is 72.5 Å². The Balaban J connectivity index is 2.86. The van der Waals surface area contributed by atoms with E-state index in [0.29, 0.717) is 16.1 Å². The van der Waals surface area contributed by atoms with Crippen LogP contribution in [0.15, 0.2) is 6.33 Å². The van der Waals surface area contributed by atoms with Gasteiger partial charge in [0.05, 0.1) is 6.33 Å². The molecule has 2 aromatic rings. The molecular weight excluding hydrogens is 210 g/mol. The number of rotatable bonds is 0. The van der Waals surface area contributed by atoms with Gasteiger partial charge in [-0.2, -0.15) is 4.98 Å². The van der Waals surface area contributed by atoms with Gasteiger partial charge < -0.3 is 15.3 Å². The number of hydrogen-bond acceptors (Lipinski definition) is 4. The van der Waals surface area contributed by atoms with Crippen molar-refractivity contribution in [3.8, 4) is 0 Å². The zero-order valence-electron chi connectivity index (χ0n) is 8.90. The van der Waals surface area contributed by atoms with Crippen molar-refractivity contribution in [3.05, 3.63) is 11.0 Å². The molecule has 0 saturated heterocycles. The summed E-state index contributed by atoms with van der Waals surface area (Å²) in [5.74, 6) is 0.318. The molecule has 0 atom stereocenters. The molecule has 80 valence electrons. The number of nitrogens with zero attached hydrogens (tertiary/aromatic N) is 3. The summed E-state index contributed by atoms with van der Waals surface area (Å²) < 4.78 is 2.49. The molecule has 0 saturated carbocycles. The maximum atomic E-state index is 5.62. The van der Waals surface area contributed by atoms with Gasteiger partial charge in [0, 0.05) is 5.54 Å². The average Bonchev–Trinajstić information content (AvgIpc) is 2.45. The van der Waals surface area contributed by atoms with E-state index in [0.717, 1.165) is 5.65 Å². The molecule has 0 aliphatic rings. The number of hydrogen-bond donors (Lipinski definition) is 2. The molecule has 0 spiro atoms. The van der Waals surface area contributed by atoms with Crippen LogP contribution in [0.3, 0.4) is 0 Å². The van der Waals surface area contributed by atoms with Crippen LogP contribution in [0.4, 0.5) is 5.95 Å². The number of anilines is 1. The molecule has 6 heteroatoms. The van der Waals surface area contributed by atoms with E-state index in [1.807, 2.05) is 4.57 Å². The van der Waals surface area contributed by atoms with Crippen molar-refractivity contribution >= 4 is 29.3 Å². The highest BCUT2D eigenvalue weighted by Crippen LogP contribution is 2.20. The van der Waals surface area contributed by atoms with E-state index in [4.69, 9.17) is 18.0 Å². The Kier molecular flexibility index (Phi) is 2.04. The Bertz CT molecular complexity index is 560. The second-order valence-electron chi connectivity index (χ2n) is 4.41. The lowest BCUT2D eigenvalue weighted by Gasteiger charge is -2.20. The maximum Gasteiger partial charge on any atom is 0.200 e. The standard InChI is InChI=1S/C9H13N5S/c1-9(2,3)14-4-11-5-6(14)12-8(10)13-7(5)15/h4H,1-3H3,(H3,10,12,13,15). The number of nitrogens with two attached hydrogens (primary N) is 1. The second-order valence-corrected chi connectivity index (χ2v) is 4.82. The summed E-state index contributed by atoms with van der Waals surface area (Å²) in [4.78, 5) is 11.2. The molecule has 2 rings (SSSR count). The first-order chi connectivity index (χ1) is 6.89. The van der Waals surface area contributed by atoms with Crippen molar-refractivity contribution in [1.82, 2.24) is 19.5 Å². The van der Waals surface area contributed by atoms with Crippen LogP contribution < -0.4 is 5.73 Å². The highest BCUT2D eigenvalue weighted by atomic mass is 32.1. The zero-order chi connectivity index (χ0) is 11.2. The van der Waals surface area contributed by atoms with Crippen molar-refractivity contribution < 1.29 is 0 Å². The van der Waals surface area contributed by atoms with Crippen molar-refractivity contribution in [2.75, 3.05) is 5.73 Å². The van der Waals surface area contributed by atoms with E-state index in [9.17, 15) is 0 Å². The number of nitrogen functional groups attached to an aromatic ring is 1. The third-order valence-electron chi connectivity index (χ3n) is 2.15. The number of imidazole rings is 1. The van der Waals surface area contributed by atoms with Gasteiger partial charge >= 0.3 is 0 Å². The highest BCUT2D eigenvalue weighted by molar-refractivity contribution is 7.71. The van der Waals surface area contributed by atoms with E-state index in [1.165, 1.54) is 0 Å². The molecule has 0 aromatic carbocycles. The van der Waals surface area contributed by atoms with Crippen molar-refractivity contribution in [2.45, 2.75) is 26.3 Å². The summed E-state index contributed by atoms with van der Waals surface area (Å²) in [5.41, 5.74) is 6.95. The Morgan fingerprint density at radius 2 is 2.13 bits per heavy atom. The first kappa shape index (κ1) is 10.1. The van der Waals surface area contributed by atoms with Crippen LogP contribution in [0.1, 0.15) is 20.8 Å². The molecular formula is C9H13N5S. The predicted octanol–water partition coefficient (Wildman–Crippen LogP) is 1.83. The van der Waals surface area contributed by atoms with Crippen LogP contribution in [0.25, 0.3) is 11.2 Å². The minimum atomic E-state index is -0.0860. The van der Waals surface area contributed by atoms with E-state index in [2.05, 4.69) is 35.7 Å². The second kappa shape index (κ2) is 3.03. The summed E-state index contributed by atoms with van der Waals surface area (Å²) in [7, 11) is 0. The lowest BCUT2D eigenvalue weighted by Crippen LogP contribution is -2.21. The van der Waals surface area contributed by atoms with Crippen LogP contribution in [-0.4, -0.2) is 19.5 Å². The number of fused-ring (bicyclic) bond motifs is 1. The van der Waals surface area contributed by atoms with Gasteiger partial charge in [0.25, 0.3) is 0 Å². The lowest BCUT2D eigenvalue weighted by atomic mass is 10.1. The van der Waals surface area contributed by atoms with Crippen LogP contribution in [0.2, 0.25) is 0 Å². The van der Waals surface area contributed by atoms with Crippen molar-refractivity contribution in [3.63, 3.8) is 0 Å². The van der Waals surface area contributed by atoms with Gasteiger partial charge in [-0.25, -0.2) is 4.98 Å². The lowest BCUT2D eigenvalue weighted by molar-refractivity contribution is 0.406. The van der Waals surface area contributed by atoms with Gasteiger partial charge in [0.15, 0.2) is 5.65 Å². The van der Waals surface area contributed by atoms with Crippen LogP contribution >= 0.6 is 12.2 Å². The molecule has 0 amide bonds. The number of nitrogens with one attached hydrogen (secondary N) is 1. The Morgan fingerprint density at radius 1 is 1.47 bits per heavy atom. The summed E-state index contributed by atoms with van der Waals surface area (Å²) in [6.07, 6.45) is 1.74. The fourth-order valence-electron chi connectivity index (χ4n) is 1.42. The van der Waals surface area contributed by atoms with Gasteiger partial charge in [-0.15, -0.1) is 0 Å². The predicted molar refractivity (Wildman–Crippen MR) is 62.1 cm³/mol. The number of aromatic nitrogens is 4. The van der Waals surface area contributed by atoms with Gasteiger partial charge in [0.1, 0.15) is 10.2 Å². The minimum Gasteiger partial charge on any atom is -0.369 e. The van der Waals surface area contributed by atoms with Gasteiger partial charge in [-0.05, 0) is 20.8 Å². The molecule has 15 heavy (non-hydrogen) atoms. The van der Waals surface area contributed by atoms with Crippen LogP contribution in [-0.2, 0) is 5.54 Å². The fraction of sp³-hybridized carbons (Fsp3) is 0.444. The van der Waals surface area contributed by atoms with Gasteiger partial charge in [-0.1, -0.05) is 12.2 Å². The van der Waals surface area contributed by atoms with Crippen molar-refractivity contribution in [2.24, 2.45) is 0 Å². The normalized spacial score (nSPS) is 12.2. The smallest absolute Gasteiger partial charge is 0.200 e. The molecule has 5 nitrogen and oxygen atoms in total. The molecule has 0 unspecified atom stereocenters. The first-order valence-corrected chi connectivity index (χ1v) is 5.04. The van der Waals surface area contributed by atoms with E-state index < -0.39 is 0 Å². The van der Waals surface area contributed by atoms with Crippen LogP contribution in [0, 0.1) is 4.64 Å². The minimum absolute atomic E-state index is 0.0860. The molecule has 0 radical (unpaired) electrons. The van der Waals surface area contributed by atoms with Crippen LogP contribution in [0.5, 0.6) is 0 Å². The Hall–Kier alpha value is -1.43. The summed E-state index contributed by atoms with van der Waals surface area (Å²) in [6, 6.07) is 0. The quantitative estimate of drug-likeness (QED) is 0.668. The molecule has 0 aliphatic carbocycles. The fourth-order valence-corrected chi connectivity index (χ4v) is 1.67. The first-order valence-electron chi connectivity index (χ1n) is 4.63. The van der Waals surface area contributed by atoms with Gasteiger partial charge in [0.2, 0.25) is 5.95 Å². The average molecular weight is 223 g/mol. The molecule has 3 N–H and O–H groups in total. The van der Waals surface area contributed by atoms with E-state index in [-0.39, 0.29) is 5.54 Å². The number of aromatic amines is 1. The number of H-pyrrole nitrogens is 1. The largest absolute Gasteiger partial charge is 0.369 e. The van der Waals surface area contributed by atoms with Crippen molar-refractivity contribution in [1.29, 1.82) is 0 Å². The Morgan fingerprint density at radius 3 is 2.73 bits per heavy atom. The SMILES string of the molecule is CC(C)(C)n1cnc2c(=S)[nH]c(N)nc21.